The van der Waals surface area contributed by atoms with Crippen molar-refractivity contribution < 1.29 is 14.3 Å². The van der Waals surface area contributed by atoms with E-state index >= 15 is 0 Å². The van der Waals surface area contributed by atoms with Gasteiger partial charge in [-0.2, -0.15) is 0 Å². The van der Waals surface area contributed by atoms with E-state index in [0.29, 0.717) is 12.3 Å². The Bertz CT molecular complexity index is 465. The molecule has 0 radical (unpaired) electrons. The zero-order chi connectivity index (χ0) is 17.5. The lowest BCUT2D eigenvalue weighted by atomic mass is 10.1. The summed E-state index contributed by atoms with van der Waals surface area (Å²) in [6.07, 6.45) is 5.23. The number of morpholine rings is 1. The van der Waals surface area contributed by atoms with Crippen molar-refractivity contribution in [1.82, 2.24) is 15.1 Å². The molecule has 142 valence electrons. The summed E-state index contributed by atoms with van der Waals surface area (Å²) in [4.78, 5) is 20.7. The standard InChI is InChI=1S/C18H32N4O3/c1-2-19-18(20-8-5-10-21-9-3-7-17(21)23)22-11-13-25-16(14-22)15-6-4-12-24-15/h15-16H,2-14H2,1H3,(H,19,20). The van der Waals surface area contributed by atoms with Gasteiger partial charge in [0.15, 0.2) is 5.96 Å². The van der Waals surface area contributed by atoms with Crippen molar-refractivity contribution >= 4 is 11.9 Å². The molecule has 3 fully saturated rings. The van der Waals surface area contributed by atoms with Crippen LogP contribution in [-0.4, -0.2) is 86.4 Å². The fourth-order valence-electron chi connectivity index (χ4n) is 3.80. The van der Waals surface area contributed by atoms with E-state index in [1.54, 1.807) is 0 Å². The molecule has 1 amide bonds. The first-order valence-electron chi connectivity index (χ1n) is 9.82. The molecular weight excluding hydrogens is 320 g/mol. The smallest absolute Gasteiger partial charge is 0.222 e. The van der Waals surface area contributed by atoms with Gasteiger partial charge in [0.2, 0.25) is 5.91 Å². The van der Waals surface area contributed by atoms with Crippen molar-refractivity contribution in [1.29, 1.82) is 0 Å². The van der Waals surface area contributed by atoms with Crippen LogP contribution in [0.15, 0.2) is 4.99 Å². The van der Waals surface area contributed by atoms with Crippen LogP contribution in [0.2, 0.25) is 0 Å². The van der Waals surface area contributed by atoms with Crippen molar-refractivity contribution in [3.63, 3.8) is 0 Å². The first kappa shape index (κ1) is 18.5. The molecule has 0 aromatic carbocycles. The van der Waals surface area contributed by atoms with E-state index in [1.165, 1.54) is 0 Å². The van der Waals surface area contributed by atoms with Gasteiger partial charge in [0, 0.05) is 52.3 Å². The summed E-state index contributed by atoms with van der Waals surface area (Å²) in [7, 11) is 0. The molecule has 2 atom stereocenters. The summed E-state index contributed by atoms with van der Waals surface area (Å²) in [6.45, 7) is 8.69. The van der Waals surface area contributed by atoms with E-state index in [4.69, 9.17) is 14.5 Å². The number of carbonyl (C=O) groups excluding carboxylic acids is 1. The van der Waals surface area contributed by atoms with Gasteiger partial charge in [0.05, 0.1) is 12.7 Å². The quantitative estimate of drug-likeness (QED) is 0.436. The highest BCUT2D eigenvalue weighted by molar-refractivity contribution is 5.80. The van der Waals surface area contributed by atoms with Gasteiger partial charge in [0.1, 0.15) is 6.10 Å². The minimum atomic E-state index is 0.141. The summed E-state index contributed by atoms with van der Waals surface area (Å²) in [5.41, 5.74) is 0. The first-order valence-corrected chi connectivity index (χ1v) is 9.82. The van der Waals surface area contributed by atoms with Crippen LogP contribution in [-0.2, 0) is 14.3 Å². The fraction of sp³-hybridized carbons (Fsp3) is 0.889. The Kier molecular flexibility index (Phi) is 6.93. The monoisotopic (exact) mass is 352 g/mol. The number of rotatable bonds is 6. The number of ether oxygens (including phenoxy) is 2. The third-order valence-corrected chi connectivity index (χ3v) is 5.13. The Labute approximate surface area is 150 Å². The maximum atomic E-state index is 11.7. The SMILES string of the molecule is CCNC(=NCCCN1CCCC1=O)N1CCOC(C2CCCO2)C1. The van der Waals surface area contributed by atoms with Crippen LogP contribution in [0.1, 0.15) is 39.0 Å². The van der Waals surface area contributed by atoms with Gasteiger partial charge in [-0.25, -0.2) is 0 Å². The van der Waals surface area contributed by atoms with Gasteiger partial charge in [-0.05, 0) is 32.6 Å². The molecule has 0 saturated carbocycles. The summed E-state index contributed by atoms with van der Waals surface area (Å²) in [5, 5.41) is 3.40. The first-order chi connectivity index (χ1) is 12.3. The van der Waals surface area contributed by atoms with E-state index in [0.717, 1.165) is 84.1 Å². The van der Waals surface area contributed by atoms with Crippen molar-refractivity contribution in [3.8, 4) is 0 Å². The lowest BCUT2D eigenvalue weighted by Gasteiger charge is -2.37. The lowest BCUT2D eigenvalue weighted by Crippen LogP contribution is -2.53. The highest BCUT2D eigenvalue weighted by Gasteiger charge is 2.32. The van der Waals surface area contributed by atoms with Crippen LogP contribution in [0, 0.1) is 0 Å². The van der Waals surface area contributed by atoms with Gasteiger partial charge < -0.3 is 24.6 Å². The summed E-state index contributed by atoms with van der Waals surface area (Å²) < 4.78 is 11.7. The number of nitrogens with one attached hydrogen (secondary N) is 1. The number of nitrogens with zero attached hydrogens (tertiary/aromatic N) is 3. The van der Waals surface area contributed by atoms with E-state index in [1.807, 2.05) is 4.90 Å². The van der Waals surface area contributed by atoms with E-state index in [9.17, 15) is 4.79 Å². The van der Waals surface area contributed by atoms with Crippen molar-refractivity contribution in [2.45, 2.75) is 51.2 Å². The lowest BCUT2D eigenvalue weighted by molar-refractivity contribution is -0.127. The Morgan fingerprint density at radius 2 is 2.12 bits per heavy atom. The molecule has 3 rings (SSSR count). The normalized spacial score (nSPS) is 28.0. The number of guanidine groups is 1. The van der Waals surface area contributed by atoms with E-state index in [2.05, 4.69) is 17.1 Å². The van der Waals surface area contributed by atoms with Gasteiger partial charge in [-0.1, -0.05) is 0 Å². The molecule has 3 saturated heterocycles. The maximum absolute atomic E-state index is 11.7. The van der Waals surface area contributed by atoms with Crippen LogP contribution >= 0.6 is 0 Å². The third-order valence-electron chi connectivity index (χ3n) is 5.13. The highest BCUT2D eigenvalue weighted by Crippen LogP contribution is 2.21. The molecule has 0 aliphatic carbocycles. The van der Waals surface area contributed by atoms with Crippen LogP contribution < -0.4 is 5.32 Å². The average Bonchev–Trinajstić information content (AvgIpc) is 3.30. The summed E-state index contributed by atoms with van der Waals surface area (Å²) >= 11 is 0. The summed E-state index contributed by atoms with van der Waals surface area (Å²) in [5.74, 6) is 1.25. The molecule has 25 heavy (non-hydrogen) atoms. The maximum Gasteiger partial charge on any atom is 0.222 e. The predicted octanol–water partition coefficient (Wildman–Crippen LogP) is 0.844. The zero-order valence-electron chi connectivity index (χ0n) is 15.4. The second kappa shape index (κ2) is 9.38. The Balaban J connectivity index is 1.49. The third kappa shape index (κ3) is 5.07. The Morgan fingerprint density at radius 3 is 2.84 bits per heavy atom. The number of amides is 1. The molecule has 3 aliphatic rings. The molecule has 3 heterocycles. The fourth-order valence-corrected chi connectivity index (χ4v) is 3.80. The zero-order valence-corrected chi connectivity index (χ0v) is 15.4. The van der Waals surface area contributed by atoms with Crippen LogP contribution in [0.5, 0.6) is 0 Å². The van der Waals surface area contributed by atoms with Crippen LogP contribution in [0.4, 0.5) is 0 Å². The average molecular weight is 352 g/mol. The number of hydrogen-bond acceptors (Lipinski definition) is 4. The molecule has 3 aliphatic heterocycles. The van der Waals surface area contributed by atoms with Gasteiger partial charge in [-0.3, -0.25) is 9.79 Å². The topological polar surface area (TPSA) is 66.4 Å². The second-order valence-corrected chi connectivity index (χ2v) is 6.98. The molecule has 7 nitrogen and oxygen atoms in total. The Morgan fingerprint density at radius 1 is 1.24 bits per heavy atom. The van der Waals surface area contributed by atoms with E-state index < -0.39 is 0 Å². The molecule has 0 bridgehead atoms. The van der Waals surface area contributed by atoms with Gasteiger partial charge >= 0.3 is 0 Å². The molecule has 1 N–H and O–H groups in total. The highest BCUT2D eigenvalue weighted by atomic mass is 16.5. The van der Waals surface area contributed by atoms with Gasteiger partial charge in [0.25, 0.3) is 0 Å². The largest absolute Gasteiger partial charge is 0.375 e. The minimum Gasteiger partial charge on any atom is -0.375 e. The molecule has 0 spiro atoms. The summed E-state index contributed by atoms with van der Waals surface area (Å²) in [6, 6.07) is 0. The number of aliphatic imine (C=N–C) groups is 1. The van der Waals surface area contributed by atoms with Crippen LogP contribution in [0.3, 0.4) is 0 Å². The Hall–Kier alpha value is -1.34. The number of likely N-dealkylation sites (tertiary alicyclic amines) is 1. The number of carbonyl (C=O) groups is 1. The van der Waals surface area contributed by atoms with Gasteiger partial charge in [-0.15, -0.1) is 0 Å². The van der Waals surface area contributed by atoms with Crippen molar-refractivity contribution in [3.05, 3.63) is 0 Å². The molecule has 7 heteroatoms. The molecule has 0 aromatic heterocycles. The minimum absolute atomic E-state index is 0.141. The molecular formula is C18H32N4O3. The van der Waals surface area contributed by atoms with Crippen molar-refractivity contribution in [2.24, 2.45) is 4.99 Å². The van der Waals surface area contributed by atoms with Crippen LogP contribution in [0.25, 0.3) is 0 Å². The molecule has 0 aromatic rings. The second-order valence-electron chi connectivity index (χ2n) is 6.98. The van der Waals surface area contributed by atoms with E-state index in [-0.39, 0.29) is 12.2 Å². The van der Waals surface area contributed by atoms with Crippen molar-refractivity contribution in [2.75, 3.05) is 52.5 Å². The predicted molar refractivity (Wildman–Crippen MR) is 96.7 cm³/mol. The number of hydrogen-bond donors (Lipinski definition) is 1. The molecule has 2 unspecified atom stereocenters.